The van der Waals surface area contributed by atoms with E-state index >= 15 is 0 Å². The molecule has 0 spiro atoms. The molecule has 3 rings (SSSR count). The summed E-state index contributed by atoms with van der Waals surface area (Å²) in [7, 11) is -2.30. The summed E-state index contributed by atoms with van der Waals surface area (Å²) in [5, 5.41) is 5.33. The van der Waals surface area contributed by atoms with Crippen molar-refractivity contribution in [2.45, 2.75) is 19.1 Å². The average Bonchev–Trinajstić information content (AvgIpc) is 2.73. The van der Waals surface area contributed by atoms with Gasteiger partial charge in [0.1, 0.15) is 23.2 Å². The Balaban J connectivity index is 2.14. The van der Waals surface area contributed by atoms with Gasteiger partial charge in [-0.15, -0.1) is 0 Å². The predicted molar refractivity (Wildman–Crippen MR) is 114 cm³/mol. The minimum atomic E-state index is -4.90. The third-order valence-corrected chi connectivity index (χ3v) is 9.41. The molecular formula is C23H22F3NOP+. The molecule has 2 nitrogen and oxygen atoms in total. The zero-order valence-electron chi connectivity index (χ0n) is 15.9. The topological polar surface area (TPSA) is 29.1 Å². The van der Waals surface area contributed by atoms with Crippen LogP contribution in [-0.2, 0) is 4.79 Å². The van der Waals surface area contributed by atoms with Gasteiger partial charge >= 0.3 is 12.1 Å². The number of alkyl halides is 3. The third-order valence-electron chi connectivity index (χ3n) is 4.77. The second kappa shape index (κ2) is 8.79. The number of benzene rings is 3. The van der Waals surface area contributed by atoms with Crippen LogP contribution in [0.3, 0.4) is 0 Å². The Labute approximate surface area is 169 Å². The second-order valence-electron chi connectivity index (χ2n) is 6.87. The molecule has 0 saturated carbocycles. The van der Waals surface area contributed by atoms with E-state index in [1.165, 1.54) is 0 Å². The van der Waals surface area contributed by atoms with Crippen molar-refractivity contribution in [3.05, 3.63) is 91.0 Å². The van der Waals surface area contributed by atoms with Gasteiger partial charge in [-0.25, -0.2) is 0 Å². The van der Waals surface area contributed by atoms with Crippen LogP contribution in [-0.4, -0.2) is 24.3 Å². The summed E-state index contributed by atoms with van der Waals surface area (Å²) >= 11 is 0. The van der Waals surface area contributed by atoms with E-state index in [1.807, 2.05) is 91.0 Å². The van der Waals surface area contributed by atoms with Crippen LogP contribution < -0.4 is 21.2 Å². The van der Waals surface area contributed by atoms with Gasteiger partial charge in [-0.05, 0) is 43.3 Å². The summed E-state index contributed by atoms with van der Waals surface area (Å²) in [6.45, 7) is 1.63. The third kappa shape index (κ3) is 4.68. The number of halogens is 3. The standard InChI is InChI=1S/C23H21F3NOP/c1-18(27-22(28)23(24,25)26)17-29(19-11-5-2-6-12-19,20-13-7-3-8-14-20)21-15-9-4-10-16-21/h2-16,18H,17H2,1H3/p+1/t18-/m1/s1. The lowest BCUT2D eigenvalue weighted by Crippen LogP contribution is -2.46. The van der Waals surface area contributed by atoms with Gasteiger partial charge in [0.05, 0.1) is 12.2 Å². The molecule has 3 aromatic rings. The van der Waals surface area contributed by atoms with Gasteiger partial charge in [0.25, 0.3) is 0 Å². The quantitative estimate of drug-likeness (QED) is 0.604. The van der Waals surface area contributed by atoms with E-state index in [9.17, 15) is 18.0 Å². The molecule has 0 aliphatic carbocycles. The lowest BCUT2D eigenvalue weighted by Gasteiger charge is -2.30. The minimum absolute atomic E-state index is 0.382. The number of hydrogen-bond acceptors (Lipinski definition) is 1. The van der Waals surface area contributed by atoms with E-state index in [1.54, 1.807) is 6.92 Å². The first-order chi connectivity index (χ1) is 13.8. The number of carbonyl (C=O) groups is 1. The van der Waals surface area contributed by atoms with Crippen LogP contribution in [0, 0.1) is 0 Å². The maximum atomic E-state index is 12.8. The van der Waals surface area contributed by atoms with E-state index in [0.29, 0.717) is 6.16 Å². The van der Waals surface area contributed by atoms with Gasteiger partial charge in [0, 0.05) is 0 Å². The van der Waals surface area contributed by atoms with Gasteiger partial charge in [-0.1, -0.05) is 54.6 Å². The van der Waals surface area contributed by atoms with Crippen LogP contribution >= 0.6 is 7.26 Å². The fraction of sp³-hybridized carbons (Fsp3) is 0.174. The maximum absolute atomic E-state index is 12.8. The van der Waals surface area contributed by atoms with Crippen molar-refractivity contribution in [3.63, 3.8) is 0 Å². The summed E-state index contributed by atoms with van der Waals surface area (Å²) in [6.07, 6.45) is -4.52. The van der Waals surface area contributed by atoms with Gasteiger partial charge < -0.3 is 5.32 Å². The van der Waals surface area contributed by atoms with E-state index in [4.69, 9.17) is 0 Å². The molecule has 0 aliphatic heterocycles. The molecule has 0 heterocycles. The molecule has 0 aromatic heterocycles. The lowest BCUT2D eigenvalue weighted by atomic mass is 10.3. The first-order valence-corrected chi connectivity index (χ1v) is 11.2. The summed E-state index contributed by atoms with van der Waals surface area (Å²) in [4.78, 5) is 11.5. The molecular weight excluding hydrogens is 394 g/mol. The van der Waals surface area contributed by atoms with Gasteiger partial charge in [0.15, 0.2) is 0 Å². The zero-order chi connectivity index (χ0) is 20.9. The second-order valence-corrected chi connectivity index (χ2v) is 10.4. The fourth-order valence-corrected chi connectivity index (χ4v) is 8.06. The van der Waals surface area contributed by atoms with Crippen molar-refractivity contribution in [3.8, 4) is 0 Å². The summed E-state index contributed by atoms with van der Waals surface area (Å²) in [6, 6.07) is 28.8. The predicted octanol–water partition coefficient (Wildman–Crippen LogP) is 4.05. The van der Waals surface area contributed by atoms with Crippen molar-refractivity contribution in [1.82, 2.24) is 5.32 Å². The maximum Gasteiger partial charge on any atom is 0.471 e. The van der Waals surface area contributed by atoms with Gasteiger partial charge in [0.2, 0.25) is 0 Å². The summed E-state index contributed by atoms with van der Waals surface area (Å²) in [5.41, 5.74) is 0. The molecule has 0 aliphatic rings. The van der Waals surface area contributed by atoms with Crippen LogP contribution in [0.15, 0.2) is 91.0 Å². The van der Waals surface area contributed by atoms with Crippen molar-refractivity contribution in [2.75, 3.05) is 6.16 Å². The normalized spacial score (nSPS) is 13.0. The Morgan fingerprint density at radius 2 is 1.14 bits per heavy atom. The SMILES string of the molecule is C[C@H](C[P+](c1ccccc1)(c1ccccc1)c1ccccc1)NC(=O)C(F)(F)F. The highest BCUT2D eigenvalue weighted by Crippen LogP contribution is 2.55. The number of carbonyl (C=O) groups excluding carboxylic acids is 1. The molecule has 150 valence electrons. The molecule has 6 heteroatoms. The van der Waals surface area contributed by atoms with Crippen LogP contribution in [0.4, 0.5) is 13.2 Å². The first kappa shape index (κ1) is 21.1. The number of amides is 1. The van der Waals surface area contributed by atoms with Gasteiger partial charge in [-0.3, -0.25) is 4.79 Å². The van der Waals surface area contributed by atoms with Crippen molar-refractivity contribution >= 4 is 29.1 Å². The molecule has 0 fully saturated rings. The van der Waals surface area contributed by atoms with E-state index in [0.717, 1.165) is 15.9 Å². The number of nitrogens with one attached hydrogen (secondary N) is 1. The van der Waals surface area contributed by atoms with Crippen LogP contribution in [0.2, 0.25) is 0 Å². The number of rotatable bonds is 6. The molecule has 1 N–H and O–H groups in total. The van der Waals surface area contributed by atoms with Crippen molar-refractivity contribution in [1.29, 1.82) is 0 Å². The molecule has 3 aromatic carbocycles. The smallest absolute Gasteiger partial charge is 0.342 e. The van der Waals surface area contributed by atoms with E-state index in [-0.39, 0.29) is 0 Å². The Kier molecular flexibility index (Phi) is 6.39. The minimum Gasteiger partial charge on any atom is -0.342 e. The lowest BCUT2D eigenvalue weighted by molar-refractivity contribution is -0.174. The van der Waals surface area contributed by atoms with Gasteiger partial charge in [-0.2, -0.15) is 13.2 Å². The Hall–Kier alpha value is -2.65. The largest absolute Gasteiger partial charge is 0.471 e. The molecule has 0 radical (unpaired) electrons. The zero-order valence-corrected chi connectivity index (χ0v) is 16.8. The van der Waals surface area contributed by atoms with Crippen LogP contribution in [0.5, 0.6) is 0 Å². The van der Waals surface area contributed by atoms with E-state index < -0.39 is 25.4 Å². The highest BCUT2D eigenvalue weighted by Gasteiger charge is 2.47. The average molecular weight is 416 g/mol. The molecule has 0 bridgehead atoms. The Morgan fingerprint density at radius 1 is 0.793 bits per heavy atom. The molecule has 1 atom stereocenters. The Bertz CT molecular complexity index is 834. The van der Waals surface area contributed by atoms with Crippen LogP contribution in [0.25, 0.3) is 0 Å². The van der Waals surface area contributed by atoms with Crippen molar-refractivity contribution in [2.24, 2.45) is 0 Å². The highest BCUT2D eigenvalue weighted by atomic mass is 31.2. The first-order valence-electron chi connectivity index (χ1n) is 9.26. The van der Waals surface area contributed by atoms with Crippen LogP contribution in [0.1, 0.15) is 6.92 Å². The molecule has 0 unspecified atom stereocenters. The summed E-state index contributed by atoms with van der Waals surface area (Å²) in [5.74, 6) is -1.91. The fourth-order valence-electron chi connectivity index (χ4n) is 3.57. The van der Waals surface area contributed by atoms with E-state index in [2.05, 4.69) is 5.32 Å². The molecule has 1 amide bonds. The summed E-state index contributed by atoms with van der Waals surface area (Å²) < 4.78 is 38.4. The Morgan fingerprint density at radius 3 is 1.45 bits per heavy atom. The van der Waals surface area contributed by atoms with Crippen molar-refractivity contribution < 1.29 is 18.0 Å². The molecule has 29 heavy (non-hydrogen) atoms. The highest BCUT2D eigenvalue weighted by molar-refractivity contribution is 7.95. The number of hydrogen-bond donors (Lipinski definition) is 1. The monoisotopic (exact) mass is 416 g/mol. The molecule has 0 saturated heterocycles.